The summed E-state index contributed by atoms with van der Waals surface area (Å²) in [5, 5.41) is 4.67. The summed E-state index contributed by atoms with van der Waals surface area (Å²) in [4.78, 5) is 10.9. The predicted molar refractivity (Wildman–Crippen MR) is 38.2 cm³/mol. The summed E-state index contributed by atoms with van der Waals surface area (Å²) in [6, 6.07) is -0.567. The third-order valence-corrected chi connectivity index (χ3v) is 1.47. The number of rotatable bonds is 1. The maximum Gasteiger partial charge on any atom is 0.451 e. The van der Waals surface area contributed by atoms with Gasteiger partial charge in [0.2, 0.25) is 5.82 Å². The topological polar surface area (TPSA) is 50.7 Å². The first-order chi connectivity index (χ1) is 5.84. The van der Waals surface area contributed by atoms with Gasteiger partial charge in [0, 0.05) is 6.04 Å². The van der Waals surface area contributed by atoms with Crippen molar-refractivity contribution in [1.82, 2.24) is 14.8 Å². The van der Waals surface area contributed by atoms with Crippen molar-refractivity contribution >= 4 is 0 Å². The van der Waals surface area contributed by atoms with Gasteiger partial charge in [0.15, 0.2) is 0 Å². The molecule has 0 aliphatic heterocycles. The standard InChI is InChI=1S/C6H8F3N3O/c1-3(2)12-4(6(7,8)9)10-11-5(12)13/h3H,1-2H3,(H,11,13). The Labute approximate surface area is 71.4 Å². The Balaban J connectivity index is 3.32. The molecular weight excluding hydrogens is 187 g/mol. The molecular formula is C6H8F3N3O. The van der Waals surface area contributed by atoms with Crippen molar-refractivity contribution in [3.8, 4) is 0 Å². The molecule has 0 saturated carbocycles. The van der Waals surface area contributed by atoms with E-state index in [4.69, 9.17) is 0 Å². The van der Waals surface area contributed by atoms with Gasteiger partial charge in [-0.1, -0.05) is 0 Å². The van der Waals surface area contributed by atoms with Gasteiger partial charge in [0.05, 0.1) is 0 Å². The summed E-state index contributed by atoms with van der Waals surface area (Å²) < 4.78 is 37.1. The fraction of sp³-hybridized carbons (Fsp3) is 0.667. The Kier molecular flexibility index (Phi) is 2.19. The van der Waals surface area contributed by atoms with Gasteiger partial charge in [-0.05, 0) is 13.8 Å². The van der Waals surface area contributed by atoms with Gasteiger partial charge in [-0.2, -0.15) is 13.2 Å². The number of halogens is 3. The lowest BCUT2D eigenvalue weighted by molar-refractivity contribution is -0.148. The average Bonchev–Trinajstić information content (AvgIpc) is 2.28. The van der Waals surface area contributed by atoms with E-state index < -0.39 is 23.7 Å². The average molecular weight is 195 g/mol. The van der Waals surface area contributed by atoms with Crippen molar-refractivity contribution in [2.75, 3.05) is 0 Å². The molecule has 0 aliphatic rings. The lowest BCUT2D eigenvalue weighted by atomic mass is 10.4. The minimum Gasteiger partial charge on any atom is -0.269 e. The molecule has 0 radical (unpaired) electrons. The van der Waals surface area contributed by atoms with E-state index in [1.54, 1.807) is 5.10 Å². The Bertz CT molecular complexity index is 349. The lowest BCUT2D eigenvalue weighted by Crippen LogP contribution is -2.24. The van der Waals surface area contributed by atoms with Gasteiger partial charge in [-0.15, -0.1) is 5.10 Å². The fourth-order valence-corrected chi connectivity index (χ4v) is 0.984. The highest BCUT2D eigenvalue weighted by atomic mass is 19.4. The van der Waals surface area contributed by atoms with E-state index in [0.717, 1.165) is 0 Å². The van der Waals surface area contributed by atoms with Crippen LogP contribution in [-0.4, -0.2) is 14.8 Å². The van der Waals surface area contributed by atoms with Crippen LogP contribution in [-0.2, 0) is 6.18 Å². The van der Waals surface area contributed by atoms with Crippen LogP contribution in [0.15, 0.2) is 4.79 Å². The maximum atomic E-state index is 12.2. The smallest absolute Gasteiger partial charge is 0.269 e. The molecule has 0 saturated heterocycles. The van der Waals surface area contributed by atoms with Crippen molar-refractivity contribution in [2.45, 2.75) is 26.1 Å². The van der Waals surface area contributed by atoms with E-state index in [2.05, 4.69) is 5.10 Å². The van der Waals surface area contributed by atoms with Crippen molar-refractivity contribution in [3.05, 3.63) is 16.3 Å². The van der Waals surface area contributed by atoms with Gasteiger partial charge in [0.1, 0.15) is 0 Å². The first kappa shape index (κ1) is 9.82. The molecule has 13 heavy (non-hydrogen) atoms. The minimum atomic E-state index is -4.59. The fourth-order valence-electron chi connectivity index (χ4n) is 0.984. The van der Waals surface area contributed by atoms with Gasteiger partial charge in [-0.3, -0.25) is 4.57 Å². The lowest BCUT2D eigenvalue weighted by Gasteiger charge is -2.10. The summed E-state index contributed by atoms with van der Waals surface area (Å²) in [6.45, 7) is 2.96. The molecule has 0 bridgehead atoms. The van der Waals surface area contributed by atoms with E-state index in [1.165, 1.54) is 13.8 Å². The van der Waals surface area contributed by atoms with Crippen LogP contribution >= 0.6 is 0 Å². The van der Waals surface area contributed by atoms with E-state index in [9.17, 15) is 18.0 Å². The molecule has 0 spiro atoms. The second-order valence-corrected chi connectivity index (χ2v) is 2.81. The quantitative estimate of drug-likeness (QED) is 0.731. The van der Waals surface area contributed by atoms with Crippen LogP contribution in [0.1, 0.15) is 25.7 Å². The molecule has 0 amide bonds. The van der Waals surface area contributed by atoms with Crippen LogP contribution in [0.25, 0.3) is 0 Å². The zero-order valence-corrected chi connectivity index (χ0v) is 7.01. The Hall–Kier alpha value is -1.27. The number of hydrogen-bond donors (Lipinski definition) is 1. The molecule has 1 heterocycles. The number of nitrogens with one attached hydrogen (secondary N) is 1. The van der Waals surface area contributed by atoms with Crippen LogP contribution in [0.3, 0.4) is 0 Å². The third kappa shape index (κ3) is 1.73. The normalized spacial score (nSPS) is 12.5. The van der Waals surface area contributed by atoms with Crippen LogP contribution in [0, 0.1) is 0 Å². The molecule has 4 nitrogen and oxygen atoms in total. The predicted octanol–water partition coefficient (Wildman–Crippen LogP) is 1.17. The number of aromatic nitrogens is 3. The highest BCUT2D eigenvalue weighted by Gasteiger charge is 2.38. The number of alkyl halides is 3. The van der Waals surface area contributed by atoms with Crippen LogP contribution < -0.4 is 5.69 Å². The summed E-state index contributed by atoms with van der Waals surface area (Å²) in [7, 11) is 0. The molecule has 0 aromatic carbocycles. The largest absolute Gasteiger partial charge is 0.451 e. The van der Waals surface area contributed by atoms with Crippen LogP contribution in [0.2, 0.25) is 0 Å². The molecule has 0 aliphatic carbocycles. The molecule has 0 atom stereocenters. The highest BCUT2D eigenvalue weighted by molar-refractivity contribution is 4.93. The summed E-state index contributed by atoms with van der Waals surface area (Å²) in [5.41, 5.74) is -0.845. The molecule has 1 rings (SSSR count). The van der Waals surface area contributed by atoms with Gasteiger partial charge >= 0.3 is 11.9 Å². The summed E-state index contributed by atoms with van der Waals surface area (Å²) in [5.74, 6) is -1.19. The molecule has 1 N–H and O–H groups in total. The van der Waals surface area contributed by atoms with Crippen LogP contribution in [0.5, 0.6) is 0 Å². The second-order valence-electron chi connectivity index (χ2n) is 2.81. The van der Waals surface area contributed by atoms with Crippen LogP contribution in [0.4, 0.5) is 13.2 Å². The molecule has 1 aromatic rings. The number of aromatic amines is 1. The first-order valence-electron chi connectivity index (χ1n) is 3.58. The van der Waals surface area contributed by atoms with E-state index in [0.29, 0.717) is 4.57 Å². The van der Waals surface area contributed by atoms with Crippen molar-refractivity contribution < 1.29 is 13.2 Å². The Morgan fingerprint density at radius 1 is 1.46 bits per heavy atom. The highest BCUT2D eigenvalue weighted by Crippen LogP contribution is 2.27. The molecule has 0 fully saturated rings. The molecule has 74 valence electrons. The Morgan fingerprint density at radius 3 is 2.31 bits per heavy atom. The number of nitrogens with zero attached hydrogens (tertiary/aromatic N) is 2. The summed E-state index contributed by atoms with van der Waals surface area (Å²) >= 11 is 0. The zero-order chi connectivity index (χ0) is 10.2. The van der Waals surface area contributed by atoms with Gasteiger partial charge in [0.25, 0.3) is 0 Å². The maximum absolute atomic E-state index is 12.2. The van der Waals surface area contributed by atoms with Gasteiger partial charge < -0.3 is 0 Å². The minimum absolute atomic E-state index is 0.567. The number of H-pyrrole nitrogens is 1. The van der Waals surface area contributed by atoms with E-state index >= 15 is 0 Å². The molecule has 0 unspecified atom stereocenters. The second kappa shape index (κ2) is 2.90. The zero-order valence-electron chi connectivity index (χ0n) is 7.01. The number of hydrogen-bond acceptors (Lipinski definition) is 2. The summed E-state index contributed by atoms with van der Waals surface area (Å²) in [6.07, 6.45) is -4.59. The third-order valence-electron chi connectivity index (χ3n) is 1.47. The molecule has 1 aromatic heterocycles. The van der Waals surface area contributed by atoms with Crippen molar-refractivity contribution in [3.63, 3.8) is 0 Å². The van der Waals surface area contributed by atoms with Gasteiger partial charge in [-0.25, -0.2) is 9.89 Å². The first-order valence-corrected chi connectivity index (χ1v) is 3.58. The van der Waals surface area contributed by atoms with E-state index in [1.807, 2.05) is 0 Å². The van der Waals surface area contributed by atoms with E-state index in [-0.39, 0.29) is 0 Å². The SMILES string of the molecule is CC(C)n1c(C(F)(F)F)n[nH]c1=O. The molecule has 7 heteroatoms. The Morgan fingerprint density at radius 2 is 2.00 bits per heavy atom. The van der Waals surface area contributed by atoms with Crippen molar-refractivity contribution in [2.24, 2.45) is 0 Å². The van der Waals surface area contributed by atoms with Crippen molar-refractivity contribution in [1.29, 1.82) is 0 Å². The monoisotopic (exact) mass is 195 g/mol.